The molecule has 0 radical (unpaired) electrons. The number of hydrogen-bond donors (Lipinski definition) is 0. The van der Waals surface area contributed by atoms with E-state index in [1.54, 1.807) is 12.1 Å². The first-order chi connectivity index (χ1) is 10.7. The summed E-state index contributed by atoms with van der Waals surface area (Å²) in [5.41, 5.74) is 1.64. The van der Waals surface area contributed by atoms with Crippen LogP contribution in [0.5, 0.6) is 0 Å². The number of amides is 2. The van der Waals surface area contributed by atoms with Crippen molar-refractivity contribution in [2.45, 2.75) is 25.8 Å². The molecule has 0 spiro atoms. The zero-order valence-electron chi connectivity index (χ0n) is 12.7. The molecule has 0 N–H and O–H groups in total. The van der Waals surface area contributed by atoms with Crippen LogP contribution in [0.1, 0.15) is 41.7 Å². The highest BCUT2D eigenvalue weighted by Crippen LogP contribution is 2.36. The zero-order chi connectivity index (χ0) is 15.6. The lowest BCUT2D eigenvalue weighted by molar-refractivity contribution is -0.795. The van der Waals surface area contributed by atoms with Crippen LogP contribution in [0.3, 0.4) is 0 Å². The molecule has 0 saturated carbocycles. The quantitative estimate of drug-likeness (QED) is 0.638. The highest BCUT2D eigenvalue weighted by atomic mass is 16.2. The van der Waals surface area contributed by atoms with Crippen LogP contribution < -0.4 is 0 Å². The summed E-state index contributed by atoms with van der Waals surface area (Å²) in [6, 6.07) is 18.9. The van der Waals surface area contributed by atoms with E-state index < -0.39 is 0 Å². The first-order valence-electron chi connectivity index (χ1n) is 7.72. The van der Waals surface area contributed by atoms with Crippen molar-refractivity contribution in [3.05, 3.63) is 71.8 Å². The van der Waals surface area contributed by atoms with E-state index in [1.807, 2.05) is 55.5 Å². The number of carbonyl (C=O) groups is 2. The Morgan fingerprint density at radius 1 is 1.00 bits per heavy atom. The summed E-state index contributed by atoms with van der Waals surface area (Å²) in [5, 5.41) is 0. The number of nitrogens with zero attached hydrogens (tertiary/aromatic N) is 1. The molecule has 22 heavy (non-hydrogen) atoms. The van der Waals surface area contributed by atoms with Crippen LogP contribution in [-0.4, -0.2) is 22.8 Å². The van der Waals surface area contributed by atoms with Crippen LogP contribution in [-0.2, 0) is 4.79 Å². The van der Waals surface area contributed by atoms with E-state index >= 15 is 0 Å². The van der Waals surface area contributed by atoms with Crippen molar-refractivity contribution in [2.24, 2.45) is 0 Å². The van der Waals surface area contributed by atoms with E-state index in [1.165, 1.54) is 0 Å². The molecule has 1 aliphatic rings. The predicted molar refractivity (Wildman–Crippen MR) is 85.0 cm³/mol. The Hall–Kier alpha value is -2.26. The van der Waals surface area contributed by atoms with E-state index in [4.69, 9.17) is 0 Å². The van der Waals surface area contributed by atoms with E-state index in [0.29, 0.717) is 18.5 Å². The van der Waals surface area contributed by atoms with E-state index in [0.717, 1.165) is 12.0 Å². The lowest BCUT2D eigenvalue weighted by atomic mass is 10.0. The van der Waals surface area contributed by atoms with Gasteiger partial charge in [0.2, 0.25) is 0 Å². The van der Waals surface area contributed by atoms with Crippen molar-refractivity contribution in [3.8, 4) is 0 Å². The van der Waals surface area contributed by atoms with Crippen LogP contribution in [0.15, 0.2) is 60.7 Å². The minimum Gasteiger partial charge on any atom is -0.230 e. The Labute approximate surface area is 130 Å². The van der Waals surface area contributed by atoms with Crippen molar-refractivity contribution in [3.63, 3.8) is 0 Å². The Kier molecular flexibility index (Phi) is 3.90. The van der Waals surface area contributed by atoms with Gasteiger partial charge in [0.25, 0.3) is 0 Å². The van der Waals surface area contributed by atoms with Crippen LogP contribution in [0, 0.1) is 0 Å². The molecule has 1 fully saturated rings. The molecule has 1 aliphatic heterocycles. The molecule has 2 amide bonds. The average molecular weight is 294 g/mol. The van der Waals surface area contributed by atoms with Crippen molar-refractivity contribution in [1.29, 1.82) is 0 Å². The van der Waals surface area contributed by atoms with Gasteiger partial charge >= 0.3 is 11.8 Å². The summed E-state index contributed by atoms with van der Waals surface area (Å²) in [6.45, 7) is 2.57. The normalized spacial score (nSPS) is 22.5. The van der Waals surface area contributed by atoms with Crippen LogP contribution in [0.2, 0.25) is 0 Å². The van der Waals surface area contributed by atoms with Gasteiger partial charge in [0, 0.05) is 12.0 Å². The third-order valence-corrected chi connectivity index (χ3v) is 4.67. The maximum absolute atomic E-state index is 13.1. The van der Waals surface area contributed by atoms with Crippen molar-refractivity contribution in [1.82, 2.24) is 0 Å². The highest BCUT2D eigenvalue weighted by Gasteiger charge is 2.52. The maximum atomic E-state index is 13.1. The largest absolute Gasteiger partial charge is 0.353 e. The van der Waals surface area contributed by atoms with Crippen LogP contribution >= 0.6 is 0 Å². The molecule has 1 heterocycles. The summed E-state index contributed by atoms with van der Waals surface area (Å²) in [5.74, 6) is -0.0512. The fourth-order valence-corrected chi connectivity index (χ4v) is 3.40. The van der Waals surface area contributed by atoms with Gasteiger partial charge in [0.1, 0.15) is 6.04 Å². The van der Waals surface area contributed by atoms with Gasteiger partial charge in [-0.2, -0.15) is 4.48 Å². The third kappa shape index (κ3) is 2.28. The molecule has 3 nitrogen and oxygen atoms in total. The zero-order valence-corrected chi connectivity index (χ0v) is 12.7. The van der Waals surface area contributed by atoms with Gasteiger partial charge in [0.05, 0.1) is 18.5 Å². The first kappa shape index (κ1) is 14.7. The number of hydrogen-bond acceptors (Lipinski definition) is 2. The molecular weight excluding hydrogens is 274 g/mol. The summed E-state index contributed by atoms with van der Waals surface area (Å²) in [7, 11) is 0. The lowest BCUT2D eigenvalue weighted by Gasteiger charge is -2.35. The SMILES string of the molecule is CC(c1ccccc1)[N+]1(C(=O)c2ccccc2)CCCC1=O. The number of imide groups is 1. The Bertz CT molecular complexity index is 681. The third-order valence-electron chi connectivity index (χ3n) is 4.67. The fourth-order valence-electron chi connectivity index (χ4n) is 3.40. The Morgan fingerprint density at radius 3 is 2.14 bits per heavy atom. The minimum atomic E-state index is -0.163. The second kappa shape index (κ2) is 5.85. The lowest BCUT2D eigenvalue weighted by Crippen LogP contribution is -2.55. The summed E-state index contributed by atoms with van der Waals surface area (Å²) >= 11 is 0. The standard InChI is InChI=1S/C19H20NO2/c1-15(16-9-4-2-5-10-16)20(14-8-13-18(20)21)19(22)17-11-6-3-7-12-17/h2-7,9-12,15H,8,13-14H2,1H3/q+1. The van der Waals surface area contributed by atoms with E-state index in [2.05, 4.69) is 0 Å². The van der Waals surface area contributed by atoms with Gasteiger partial charge in [0.15, 0.2) is 0 Å². The molecule has 2 atom stereocenters. The van der Waals surface area contributed by atoms with Crippen LogP contribution in [0.4, 0.5) is 0 Å². The molecule has 112 valence electrons. The number of likely N-dealkylation sites (tertiary alicyclic amines) is 1. The number of rotatable bonds is 3. The Balaban J connectivity index is 2.07. The maximum Gasteiger partial charge on any atom is 0.353 e. The summed E-state index contributed by atoms with van der Waals surface area (Å²) in [4.78, 5) is 25.8. The molecular formula is C19H20NO2+. The second-order valence-electron chi connectivity index (χ2n) is 5.85. The topological polar surface area (TPSA) is 34.1 Å². The number of carbonyl (C=O) groups excluding carboxylic acids is 2. The van der Waals surface area contributed by atoms with Gasteiger partial charge in [-0.1, -0.05) is 48.5 Å². The summed E-state index contributed by atoms with van der Waals surface area (Å²) in [6.07, 6.45) is 1.25. The number of quaternary nitrogens is 1. The van der Waals surface area contributed by atoms with Crippen molar-refractivity contribution < 1.29 is 14.1 Å². The summed E-state index contributed by atoms with van der Waals surface area (Å²) < 4.78 is -0.0893. The first-order valence-corrected chi connectivity index (χ1v) is 7.72. The van der Waals surface area contributed by atoms with E-state index in [9.17, 15) is 9.59 Å². The minimum absolute atomic E-state index is 0.0326. The number of benzene rings is 2. The molecule has 0 aromatic heterocycles. The monoisotopic (exact) mass is 294 g/mol. The average Bonchev–Trinajstić information content (AvgIpc) is 2.97. The smallest absolute Gasteiger partial charge is 0.230 e. The molecule has 2 aromatic rings. The molecule has 0 aliphatic carbocycles. The van der Waals surface area contributed by atoms with Gasteiger partial charge in [-0.25, -0.2) is 9.59 Å². The molecule has 3 rings (SSSR count). The molecule has 3 heteroatoms. The fraction of sp³-hybridized carbons (Fsp3) is 0.263. The van der Waals surface area contributed by atoms with Gasteiger partial charge in [-0.05, 0) is 19.1 Å². The van der Waals surface area contributed by atoms with Crippen molar-refractivity contribution >= 4 is 11.8 Å². The van der Waals surface area contributed by atoms with Gasteiger partial charge < -0.3 is 0 Å². The van der Waals surface area contributed by atoms with Gasteiger partial charge in [-0.3, -0.25) is 0 Å². The Morgan fingerprint density at radius 2 is 1.59 bits per heavy atom. The molecule has 2 unspecified atom stereocenters. The molecule has 2 aromatic carbocycles. The van der Waals surface area contributed by atoms with E-state index in [-0.39, 0.29) is 22.3 Å². The van der Waals surface area contributed by atoms with Crippen LogP contribution in [0.25, 0.3) is 0 Å². The van der Waals surface area contributed by atoms with Gasteiger partial charge in [-0.15, -0.1) is 0 Å². The highest BCUT2D eigenvalue weighted by molar-refractivity contribution is 5.97. The second-order valence-corrected chi connectivity index (χ2v) is 5.85. The molecule has 1 saturated heterocycles. The predicted octanol–water partition coefficient (Wildman–Crippen LogP) is 3.73. The van der Waals surface area contributed by atoms with Crippen molar-refractivity contribution in [2.75, 3.05) is 6.54 Å². The molecule has 0 bridgehead atoms.